The van der Waals surface area contributed by atoms with E-state index >= 15 is 0 Å². The lowest BCUT2D eigenvalue weighted by Gasteiger charge is -2.46. The first kappa shape index (κ1) is 22.8. The van der Waals surface area contributed by atoms with Crippen LogP contribution in [-0.2, 0) is 20.8 Å². The van der Waals surface area contributed by atoms with Crippen molar-refractivity contribution < 1.29 is 14.3 Å². The summed E-state index contributed by atoms with van der Waals surface area (Å²) in [7, 11) is 0. The van der Waals surface area contributed by atoms with Gasteiger partial charge in [0.25, 0.3) is 0 Å². The normalized spacial score (nSPS) is 27.7. The second kappa shape index (κ2) is 9.43. The molecule has 1 unspecified atom stereocenters. The highest BCUT2D eigenvalue weighted by Gasteiger charge is 2.37. The number of nitrogens with zero attached hydrogens (tertiary/aromatic N) is 3. The molecule has 4 fully saturated rings. The lowest BCUT2D eigenvalue weighted by molar-refractivity contribution is -0.124. The van der Waals surface area contributed by atoms with Crippen LogP contribution >= 0.6 is 0 Å². The van der Waals surface area contributed by atoms with Crippen LogP contribution in [0.4, 0.5) is 22.9 Å². The molecule has 2 bridgehead atoms. The summed E-state index contributed by atoms with van der Waals surface area (Å²) in [5.41, 5.74) is 4.11. The van der Waals surface area contributed by atoms with E-state index in [0.29, 0.717) is 18.7 Å². The molecular weight excluding hydrogens is 440 g/mol. The Morgan fingerprint density at radius 1 is 1.14 bits per heavy atom. The largest absolute Gasteiger partial charge is 0.376 e. The number of ether oxygens (including phenoxy) is 2. The number of rotatable bonds is 4. The second-order valence-electron chi connectivity index (χ2n) is 10.8. The van der Waals surface area contributed by atoms with Crippen molar-refractivity contribution in [3.8, 4) is 0 Å². The Bertz CT molecular complexity index is 1070. The first-order valence-electron chi connectivity index (χ1n) is 13.2. The van der Waals surface area contributed by atoms with Crippen LogP contribution < -0.4 is 15.1 Å². The molecule has 5 aliphatic rings. The van der Waals surface area contributed by atoms with Gasteiger partial charge in [0, 0.05) is 29.9 Å². The minimum Gasteiger partial charge on any atom is -0.376 e. The summed E-state index contributed by atoms with van der Waals surface area (Å²) >= 11 is 0. The molecule has 7 heteroatoms. The van der Waals surface area contributed by atoms with Crippen LogP contribution in [0.1, 0.15) is 57.9 Å². The van der Waals surface area contributed by atoms with Crippen molar-refractivity contribution in [2.24, 2.45) is 5.92 Å². The molecule has 1 amide bonds. The molecule has 2 atom stereocenters. The van der Waals surface area contributed by atoms with E-state index in [1.54, 1.807) is 6.20 Å². The molecule has 1 aromatic carbocycles. The number of benzene rings is 1. The lowest BCUT2D eigenvalue weighted by Crippen LogP contribution is -2.54. The molecule has 3 saturated heterocycles. The first-order valence-corrected chi connectivity index (χ1v) is 13.2. The zero-order chi connectivity index (χ0) is 23.9. The molecule has 186 valence electrons. The number of hydrogen-bond acceptors (Lipinski definition) is 6. The summed E-state index contributed by atoms with van der Waals surface area (Å²) in [6, 6.07) is 10.9. The van der Waals surface area contributed by atoms with Gasteiger partial charge in [-0.1, -0.05) is 6.07 Å². The van der Waals surface area contributed by atoms with E-state index in [1.807, 2.05) is 11.0 Å². The standard InChI is InChI=1S/C28H36N4O3/c1-18(2)35-23-9-5-19(6-10-23)28(33)32-15-20-4-3-13-29-27(20)30-25-12-8-21(14-26(25)32)31-16-24-11-7-22(31)17-34-24/h3-4,8,12-14,18-19,22-24H,5-7,9-11,15-17H2,1-2H3,(H,29,30)/t19-,22?,23-,24-/m1/s1. The zero-order valence-electron chi connectivity index (χ0n) is 20.8. The highest BCUT2D eigenvalue weighted by Crippen LogP contribution is 2.41. The Morgan fingerprint density at radius 2 is 2.00 bits per heavy atom. The number of carbonyl (C=O) groups excluding carboxylic acids is 1. The summed E-state index contributed by atoms with van der Waals surface area (Å²) in [5.74, 6) is 1.07. The number of amides is 1. The summed E-state index contributed by atoms with van der Waals surface area (Å²) in [4.78, 5) is 23.1. The summed E-state index contributed by atoms with van der Waals surface area (Å²) < 4.78 is 12.0. The SMILES string of the molecule is CC(C)O[C@H]1CC[C@H](C(=O)N2Cc3cccnc3Nc3ccc(N4C[C@H]5CCC4CO5)cc32)CC1. The number of fused-ring (bicyclic) bond motifs is 5. The van der Waals surface area contributed by atoms with Gasteiger partial charge in [0.2, 0.25) is 5.91 Å². The van der Waals surface area contributed by atoms with Gasteiger partial charge in [-0.3, -0.25) is 4.79 Å². The summed E-state index contributed by atoms with van der Waals surface area (Å²) in [6.45, 7) is 6.42. The minimum atomic E-state index is 0.0242. The zero-order valence-corrected chi connectivity index (χ0v) is 20.8. The van der Waals surface area contributed by atoms with Crippen LogP contribution in [0.15, 0.2) is 36.5 Å². The molecule has 0 radical (unpaired) electrons. The fourth-order valence-corrected chi connectivity index (χ4v) is 6.20. The van der Waals surface area contributed by atoms with Gasteiger partial charge >= 0.3 is 0 Å². The maximum atomic E-state index is 14.0. The van der Waals surface area contributed by atoms with Gasteiger partial charge in [0.1, 0.15) is 5.82 Å². The molecule has 5 heterocycles. The predicted molar refractivity (Wildman–Crippen MR) is 137 cm³/mol. The van der Waals surface area contributed by atoms with Crippen LogP contribution in [0.3, 0.4) is 0 Å². The fourth-order valence-electron chi connectivity index (χ4n) is 6.20. The van der Waals surface area contributed by atoms with Crippen molar-refractivity contribution in [3.63, 3.8) is 0 Å². The van der Waals surface area contributed by atoms with Crippen molar-refractivity contribution in [3.05, 3.63) is 42.1 Å². The van der Waals surface area contributed by atoms with Gasteiger partial charge in [0.05, 0.1) is 48.9 Å². The average molecular weight is 477 g/mol. The molecule has 1 aromatic heterocycles. The number of nitrogens with one attached hydrogen (secondary N) is 1. The maximum Gasteiger partial charge on any atom is 0.230 e. The molecule has 1 N–H and O–H groups in total. The molecule has 7 rings (SSSR count). The number of anilines is 4. The van der Waals surface area contributed by atoms with E-state index in [1.165, 1.54) is 12.1 Å². The number of hydrogen-bond donors (Lipinski definition) is 1. The van der Waals surface area contributed by atoms with E-state index in [0.717, 1.165) is 68.0 Å². The number of aromatic nitrogens is 1. The Balaban J connectivity index is 1.30. The van der Waals surface area contributed by atoms with E-state index in [4.69, 9.17) is 9.47 Å². The third-order valence-corrected chi connectivity index (χ3v) is 8.02. The van der Waals surface area contributed by atoms with Crippen LogP contribution in [0.25, 0.3) is 0 Å². The van der Waals surface area contributed by atoms with Gasteiger partial charge in [-0.15, -0.1) is 0 Å². The van der Waals surface area contributed by atoms with Gasteiger partial charge < -0.3 is 24.6 Å². The van der Waals surface area contributed by atoms with Gasteiger partial charge in [-0.05, 0) is 76.6 Å². The number of piperidine rings is 1. The third kappa shape index (κ3) is 4.52. The van der Waals surface area contributed by atoms with E-state index in [-0.39, 0.29) is 24.0 Å². The van der Waals surface area contributed by atoms with Crippen LogP contribution in [0, 0.1) is 5.92 Å². The van der Waals surface area contributed by atoms with Crippen molar-refractivity contribution >= 4 is 28.8 Å². The van der Waals surface area contributed by atoms with Crippen molar-refractivity contribution in [1.82, 2.24) is 4.98 Å². The molecular formula is C28H36N4O3. The Kier molecular flexibility index (Phi) is 6.14. The number of morpholine rings is 1. The number of pyridine rings is 1. The topological polar surface area (TPSA) is 66.9 Å². The Hall–Kier alpha value is -2.64. The molecule has 4 aliphatic heterocycles. The Labute approximate surface area is 207 Å². The first-order chi connectivity index (χ1) is 17.0. The minimum absolute atomic E-state index is 0.0242. The monoisotopic (exact) mass is 476 g/mol. The van der Waals surface area contributed by atoms with Crippen molar-refractivity contribution in [2.75, 3.05) is 28.3 Å². The molecule has 1 saturated carbocycles. The molecule has 1 aliphatic carbocycles. The molecule has 7 nitrogen and oxygen atoms in total. The molecule has 35 heavy (non-hydrogen) atoms. The Morgan fingerprint density at radius 3 is 2.71 bits per heavy atom. The second-order valence-corrected chi connectivity index (χ2v) is 10.8. The van der Waals surface area contributed by atoms with Crippen molar-refractivity contribution in [1.29, 1.82) is 0 Å². The summed E-state index contributed by atoms with van der Waals surface area (Å²) in [5, 5.41) is 3.52. The van der Waals surface area contributed by atoms with Crippen LogP contribution in [-0.4, -0.2) is 48.4 Å². The quantitative estimate of drug-likeness (QED) is 0.668. The molecule has 0 spiro atoms. The summed E-state index contributed by atoms with van der Waals surface area (Å²) in [6.07, 6.45) is 8.57. The smallest absolute Gasteiger partial charge is 0.230 e. The van der Waals surface area contributed by atoms with Crippen LogP contribution in [0.2, 0.25) is 0 Å². The third-order valence-electron chi connectivity index (χ3n) is 8.02. The van der Waals surface area contributed by atoms with Crippen LogP contribution in [0.5, 0.6) is 0 Å². The fraction of sp³-hybridized carbons (Fsp3) is 0.571. The highest BCUT2D eigenvalue weighted by atomic mass is 16.5. The predicted octanol–water partition coefficient (Wildman–Crippen LogP) is 5.02. The highest BCUT2D eigenvalue weighted by molar-refractivity contribution is 6.00. The van der Waals surface area contributed by atoms with Crippen molar-refractivity contribution in [2.45, 2.75) is 83.3 Å². The number of carbonyl (C=O) groups is 1. The molecule has 2 aromatic rings. The van der Waals surface area contributed by atoms with Gasteiger partial charge in [-0.25, -0.2) is 4.98 Å². The average Bonchev–Trinajstić information content (AvgIpc) is 3.05. The maximum absolute atomic E-state index is 14.0. The van der Waals surface area contributed by atoms with E-state index in [9.17, 15) is 4.79 Å². The van der Waals surface area contributed by atoms with E-state index < -0.39 is 0 Å². The van der Waals surface area contributed by atoms with E-state index in [2.05, 4.69) is 53.3 Å². The van der Waals surface area contributed by atoms with Gasteiger partial charge in [-0.2, -0.15) is 0 Å². The lowest BCUT2D eigenvalue weighted by atomic mass is 9.86. The van der Waals surface area contributed by atoms with Gasteiger partial charge in [0.15, 0.2) is 0 Å².